The number of nitriles is 1. The van der Waals surface area contributed by atoms with E-state index in [0.717, 1.165) is 26.3 Å². The molecule has 4 heteroatoms. The standard InChI is InChI=1S/C17H16BrClN2/c1-17(2,11-20)13-4-7-15(8-5-13)21-10-12-3-6-14(18)9-16(12)19/h3-9,21H,10H2,1-2H3. The van der Waals surface area contributed by atoms with Crippen LogP contribution in [-0.2, 0) is 12.0 Å². The quantitative estimate of drug-likeness (QED) is 0.776. The van der Waals surface area contributed by atoms with E-state index in [1.165, 1.54) is 0 Å². The van der Waals surface area contributed by atoms with Crippen molar-refractivity contribution < 1.29 is 0 Å². The number of nitrogens with one attached hydrogen (secondary N) is 1. The van der Waals surface area contributed by atoms with Gasteiger partial charge in [0.05, 0.1) is 11.5 Å². The third kappa shape index (κ3) is 4.00. The largest absolute Gasteiger partial charge is 0.381 e. The first kappa shape index (κ1) is 15.9. The maximum Gasteiger partial charge on any atom is 0.0766 e. The first-order valence-electron chi connectivity index (χ1n) is 6.62. The van der Waals surface area contributed by atoms with Gasteiger partial charge in [-0.05, 0) is 49.2 Å². The van der Waals surface area contributed by atoms with Gasteiger partial charge in [-0.2, -0.15) is 5.26 Å². The zero-order chi connectivity index (χ0) is 15.5. The molecule has 21 heavy (non-hydrogen) atoms. The number of rotatable bonds is 4. The average Bonchev–Trinajstić information content (AvgIpc) is 2.47. The summed E-state index contributed by atoms with van der Waals surface area (Å²) in [6.07, 6.45) is 0. The molecule has 0 radical (unpaired) electrons. The average molecular weight is 364 g/mol. The van der Waals surface area contributed by atoms with Crippen LogP contribution < -0.4 is 5.32 Å². The van der Waals surface area contributed by atoms with Gasteiger partial charge in [0.2, 0.25) is 0 Å². The second-order valence-electron chi connectivity index (χ2n) is 5.40. The Bertz CT molecular complexity index is 672. The Morgan fingerprint density at radius 3 is 2.43 bits per heavy atom. The van der Waals surface area contributed by atoms with Crippen molar-refractivity contribution >= 4 is 33.2 Å². The molecule has 0 aromatic heterocycles. The van der Waals surface area contributed by atoms with E-state index in [4.69, 9.17) is 16.9 Å². The minimum absolute atomic E-state index is 0.465. The van der Waals surface area contributed by atoms with Crippen molar-refractivity contribution in [3.05, 3.63) is 63.1 Å². The zero-order valence-corrected chi connectivity index (χ0v) is 14.3. The molecule has 2 aromatic carbocycles. The molecular formula is C17H16BrClN2. The Kier molecular flexibility index (Phi) is 4.92. The third-order valence-electron chi connectivity index (χ3n) is 3.38. The van der Waals surface area contributed by atoms with E-state index < -0.39 is 5.41 Å². The van der Waals surface area contributed by atoms with Gasteiger partial charge in [-0.15, -0.1) is 0 Å². The van der Waals surface area contributed by atoms with E-state index >= 15 is 0 Å². The lowest BCUT2D eigenvalue weighted by atomic mass is 9.86. The molecule has 0 saturated heterocycles. The molecule has 1 N–H and O–H groups in total. The van der Waals surface area contributed by atoms with E-state index in [9.17, 15) is 0 Å². The lowest BCUT2D eigenvalue weighted by Gasteiger charge is -2.16. The van der Waals surface area contributed by atoms with E-state index in [0.29, 0.717) is 6.54 Å². The van der Waals surface area contributed by atoms with Crippen LogP contribution in [0.4, 0.5) is 5.69 Å². The Morgan fingerprint density at radius 1 is 1.19 bits per heavy atom. The minimum atomic E-state index is -0.465. The van der Waals surface area contributed by atoms with Crippen LogP contribution in [0.2, 0.25) is 5.02 Å². The van der Waals surface area contributed by atoms with Crippen LogP contribution in [0.15, 0.2) is 46.9 Å². The van der Waals surface area contributed by atoms with E-state index in [1.54, 1.807) is 0 Å². The highest BCUT2D eigenvalue weighted by molar-refractivity contribution is 9.10. The highest BCUT2D eigenvalue weighted by Gasteiger charge is 2.18. The summed E-state index contributed by atoms with van der Waals surface area (Å²) in [5.41, 5.74) is 2.60. The van der Waals surface area contributed by atoms with Gasteiger partial charge in [0.25, 0.3) is 0 Å². The molecule has 2 nitrogen and oxygen atoms in total. The van der Waals surface area contributed by atoms with Gasteiger partial charge in [0, 0.05) is 21.7 Å². The minimum Gasteiger partial charge on any atom is -0.381 e. The van der Waals surface area contributed by atoms with Crippen LogP contribution in [0.5, 0.6) is 0 Å². The van der Waals surface area contributed by atoms with Gasteiger partial charge < -0.3 is 5.32 Å². The monoisotopic (exact) mass is 362 g/mol. The van der Waals surface area contributed by atoms with E-state index in [2.05, 4.69) is 27.3 Å². The second kappa shape index (κ2) is 6.51. The Morgan fingerprint density at radius 2 is 1.86 bits per heavy atom. The number of nitrogens with zero attached hydrogens (tertiary/aromatic N) is 1. The zero-order valence-electron chi connectivity index (χ0n) is 12.0. The molecule has 0 fully saturated rings. The molecule has 0 aliphatic heterocycles. The van der Waals surface area contributed by atoms with Crippen LogP contribution in [-0.4, -0.2) is 0 Å². The fraction of sp³-hybridized carbons (Fsp3) is 0.235. The molecule has 2 rings (SSSR count). The second-order valence-corrected chi connectivity index (χ2v) is 6.73. The fourth-order valence-electron chi connectivity index (χ4n) is 1.93. The molecular weight excluding hydrogens is 348 g/mol. The molecule has 0 heterocycles. The maximum atomic E-state index is 9.14. The number of hydrogen-bond acceptors (Lipinski definition) is 2. The predicted molar refractivity (Wildman–Crippen MR) is 91.6 cm³/mol. The van der Waals surface area contributed by atoms with Crippen LogP contribution in [0.3, 0.4) is 0 Å². The van der Waals surface area contributed by atoms with Gasteiger partial charge in [-0.1, -0.05) is 45.7 Å². The molecule has 2 aromatic rings. The summed E-state index contributed by atoms with van der Waals surface area (Å²) in [5.74, 6) is 0. The Labute approximate surface area is 138 Å². The number of anilines is 1. The Hall–Kier alpha value is -1.50. The van der Waals surface area contributed by atoms with Gasteiger partial charge >= 0.3 is 0 Å². The van der Waals surface area contributed by atoms with Crippen LogP contribution in [0.1, 0.15) is 25.0 Å². The molecule has 0 saturated carbocycles. The lowest BCUT2D eigenvalue weighted by Crippen LogP contribution is -2.13. The molecule has 0 amide bonds. The highest BCUT2D eigenvalue weighted by Crippen LogP contribution is 2.25. The van der Waals surface area contributed by atoms with Crippen molar-refractivity contribution in [3.8, 4) is 6.07 Å². The summed E-state index contributed by atoms with van der Waals surface area (Å²) < 4.78 is 0.972. The number of hydrogen-bond donors (Lipinski definition) is 1. The summed E-state index contributed by atoms with van der Waals surface area (Å²) in [6.45, 7) is 4.49. The van der Waals surface area contributed by atoms with Crippen molar-refractivity contribution in [1.82, 2.24) is 0 Å². The topological polar surface area (TPSA) is 35.8 Å². The summed E-state index contributed by atoms with van der Waals surface area (Å²) in [4.78, 5) is 0. The van der Waals surface area contributed by atoms with Gasteiger partial charge in [0.1, 0.15) is 0 Å². The van der Waals surface area contributed by atoms with Crippen LogP contribution in [0, 0.1) is 11.3 Å². The summed E-state index contributed by atoms with van der Waals surface area (Å²) in [6, 6.07) is 16.1. The first-order valence-corrected chi connectivity index (χ1v) is 7.79. The molecule has 0 bridgehead atoms. The molecule has 0 spiro atoms. The first-order chi connectivity index (χ1) is 9.92. The SMILES string of the molecule is CC(C)(C#N)c1ccc(NCc2ccc(Br)cc2Cl)cc1. The smallest absolute Gasteiger partial charge is 0.0766 e. The molecule has 0 unspecified atom stereocenters. The van der Waals surface area contributed by atoms with Gasteiger partial charge in [-0.3, -0.25) is 0 Å². The molecule has 0 aliphatic carbocycles. The molecule has 0 aliphatic rings. The van der Waals surface area contributed by atoms with Crippen molar-refractivity contribution in [3.63, 3.8) is 0 Å². The van der Waals surface area contributed by atoms with Crippen molar-refractivity contribution in [2.45, 2.75) is 25.8 Å². The van der Waals surface area contributed by atoms with Gasteiger partial charge in [-0.25, -0.2) is 0 Å². The fourth-order valence-corrected chi connectivity index (χ4v) is 2.67. The van der Waals surface area contributed by atoms with E-state index in [1.807, 2.05) is 56.3 Å². The highest BCUT2D eigenvalue weighted by atomic mass is 79.9. The molecule has 0 atom stereocenters. The van der Waals surface area contributed by atoms with Crippen molar-refractivity contribution in [2.24, 2.45) is 0 Å². The van der Waals surface area contributed by atoms with Crippen molar-refractivity contribution in [2.75, 3.05) is 5.32 Å². The summed E-state index contributed by atoms with van der Waals surface area (Å²) >= 11 is 9.59. The Balaban J connectivity index is 2.06. The predicted octanol–water partition coefficient (Wildman–Crippen LogP) is 5.52. The van der Waals surface area contributed by atoms with Crippen LogP contribution in [0.25, 0.3) is 0 Å². The summed E-state index contributed by atoms with van der Waals surface area (Å²) in [5, 5.41) is 13.2. The van der Waals surface area contributed by atoms with Gasteiger partial charge in [0.15, 0.2) is 0 Å². The third-order valence-corrected chi connectivity index (χ3v) is 4.23. The lowest BCUT2D eigenvalue weighted by molar-refractivity contribution is 0.687. The number of benzene rings is 2. The van der Waals surface area contributed by atoms with E-state index in [-0.39, 0.29) is 0 Å². The summed E-state index contributed by atoms with van der Waals surface area (Å²) in [7, 11) is 0. The van der Waals surface area contributed by atoms with Crippen molar-refractivity contribution in [1.29, 1.82) is 5.26 Å². The number of halogens is 2. The maximum absolute atomic E-state index is 9.14. The van der Waals surface area contributed by atoms with Crippen LogP contribution >= 0.6 is 27.5 Å². The normalized spacial score (nSPS) is 11.0. The molecule has 108 valence electrons.